The molecule has 0 aromatic heterocycles. The maximum Gasteiger partial charge on any atom is 0.269 e. The van der Waals surface area contributed by atoms with Crippen LogP contribution in [-0.4, -0.2) is 33.8 Å². The lowest BCUT2D eigenvalue weighted by molar-refractivity contribution is -0.384. The van der Waals surface area contributed by atoms with Crippen molar-refractivity contribution >= 4 is 17.5 Å². The predicted molar refractivity (Wildman–Crippen MR) is 119 cm³/mol. The first-order valence-corrected chi connectivity index (χ1v) is 10.4. The molecule has 2 aromatic carbocycles. The minimum Gasteiger partial charge on any atom is -0.507 e. The van der Waals surface area contributed by atoms with Gasteiger partial charge in [-0.1, -0.05) is 27.7 Å². The van der Waals surface area contributed by atoms with Crippen molar-refractivity contribution in [2.75, 3.05) is 13.1 Å². The molecule has 3 rings (SSSR count). The fraction of sp³-hybridized carbons (Fsp3) is 0.375. The number of aromatic hydroxyl groups is 1. The van der Waals surface area contributed by atoms with Gasteiger partial charge in [0.1, 0.15) is 11.5 Å². The number of phenols is 1. The van der Waals surface area contributed by atoms with Crippen molar-refractivity contribution in [2.24, 2.45) is 11.8 Å². The number of hydrogen-bond donors (Lipinski definition) is 1. The quantitative estimate of drug-likeness (QED) is 0.363. The van der Waals surface area contributed by atoms with E-state index in [9.17, 15) is 20.0 Å². The van der Waals surface area contributed by atoms with E-state index in [0.717, 1.165) is 13.1 Å². The fourth-order valence-corrected chi connectivity index (χ4v) is 3.75. The fourth-order valence-electron chi connectivity index (χ4n) is 3.75. The number of nitro benzene ring substituents is 1. The molecule has 31 heavy (non-hydrogen) atoms. The number of carbonyl (C=O) groups is 1. The van der Waals surface area contributed by atoms with Gasteiger partial charge in [0.25, 0.3) is 5.69 Å². The summed E-state index contributed by atoms with van der Waals surface area (Å²) in [5.41, 5.74) is 1.61. The molecule has 0 saturated carbocycles. The van der Waals surface area contributed by atoms with E-state index in [1.54, 1.807) is 24.3 Å². The minimum atomic E-state index is -0.473. The van der Waals surface area contributed by atoms with Crippen molar-refractivity contribution in [3.05, 3.63) is 69.0 Å². The molecule has 1 aliphatic heterocycles. The first kappa shape index (κ1) is 22.5. The first-order chi connectivity index (χ1) is 14.7. The number of nitro groups is 1. The molecule has 0 aliphatic carbocycles. The molecule has 1 aliphatic rings. The molecule has 0 spiro atoms. The van der Waals surface area contributed by atoms with Crippen LogP contribution in [0.25, 0.3) is 6.08 Å². The maximum absolute atomic E-state index is 12.9. The molecule has 1 heterocycles. The molecule has 2 aromatic rings. The van der Waals surface area contributed by atoms with Crippen LogP contribution in [0.3, 0.4) is 0 Å². The van der Waals surface area contributed by atoms with Crippen molar-refractivity contribution in [1.29, 1.82) is 0 Å². The number of ether oxygens (including phenoxy) is 1. The Morgan fingerprint density at radius 1 is 1.06 bits per heavy atom. The van der Waals surface area contributed by atoms with E-state index in [1.165, 1.54) is 18.2 Å². The van der Waals surface area contributed by atoms with Gasteiger partial charge in [-0.15, -0.1) is 0 Å². The van der Waals surface area contributed by atoms with Gasteiger partial charge in [-0.2, -0.15) is 0 Å². The van der Waals surface area contributed by atoms with Gasteiger partial charge < -0.3 is 9.84 Å². The van der Waals surface area contributed by atoms with E-state index in [1.807, 2.05) is 0 Å². The maximum atomic E-state index is 12.9. The third kappa shape index (κ3) is 5.30. The van der Waals surface area contributed by atoms with Crippen molar-refractivity contribution in [3.63, 3.8) is 0 Å². The number of benzene rings is 2. The number of Topliss-reactive ketones (excluding diaryl/α,β-unsaturated/α-hetero) is 1. The SMILES string of the molecule is CC(C)CN(Cc1c(O)ccc2c1O/C(=C/c1ccc([N+](=O)[O-])cc1)C2=O)CC(C)C. The Labute approximate surface area is 182 Å². The molecule has 0 unspecified atom stereocenters. The van der Waals surface area contributed by atoms with Crippen LogP contribution in [0.2, 0.25) is 0 Å². The van der Waals surface area contributed by atoms with Crippen LogP contribution in [0.4, 0.5) is 5.69 Å². The molecule has 0 amide bonds. The van der Waals surface area contributed by atoms with Crippen LogP contribution in [0.1, 0.15) is 49.2 Å². The molecule has 0 radical (unpaired) electrons. The molecule has 0 fully saturated rings. The molecule has 164 valence electrons. The third-order valence-corrected chi connectivity index (χ3v) is 4.95. The van der Waals surface area contributed by atoms with Crippen molar-refractivity contribution in [2.45, 2.75) is 34.2 Å². The van der Waals surface area contributed by atoms with Crippen molar-refractivity contribution < 1.29 is 19.6 Å². The van der Waals surface area contributed by atoms with Gasteiger partial charge in [0.05, 0.1) is 16.1 Å². The van der Waals surface area contributed by atoms with Crippen molar-refractivity contribution in [1.82, 2.24) is 4.90 Å². The van der Waals surface area contributed by atoms with Crippen LogP contribution in [0.15, 0.2) is 42.2 Å². The first-order valence-electron chi connectivity index (χ1n) is 10.4. The number of carbonyl (C=O) groups excluding carboxylic acids is 1. The smallest absolute Gasteiger partial charge is 0.269 e. The van der Waals surface area contributed by atoms with E-state index in [2.05, 4.69) is 32.6 Å². The number of allylic oxidation sites excluding steroid dienone is 1. The summed E-state index contributed by atoms with van der Waals surface area (Å²) in [5.74, 6) is 1.26. The van der Waals surface area contributed by atoms with Crippen LogP contribution >= 0.6 is 0 Å². The summed E-state index contributed by atoms with van der Waals surface area (Å²) in [5, 5.41) is 21.4. The lowest BCUT2D eigenvalue weighted by atomic mass is 10.0. The largest absolute Gasteiger partial charge is 0.507 e. The Kier molecular flexibility index (Phi) is 6.75. The van der Waals surface area contributed by atoms with Crippen LogP contribution < -0.4 is 4.74 Å². The minimum absolute atomic E-state index is 0.0216. The molecule has 0 saturated heterocycles. The van der Waals surface area contributed by atoms with Crippen molar-refractivity contribution in [3.8, 4) is 11.5 Å². The predicted octanol–water partition coefficient (Wildman–Crippen LogP) is 5.03. The zero-order valence-corrected chi connectivity index (χ0v) is 18.3. The van der Waals surface area contributed by atoms with Gasteiger partial charge in [-0.3, -0.25) is 19.8 Å². The van der Waals surface area contributed by atoms with E-state index in [-0.39, 0.29) is 23.0 Å². The molecule has 0 atom stereocenters. The second-order valence-electron chi connectivity index (χ2n) is 8.71. The van der Waals surface area contributed by atoms with Gasteiger partial charge in [-0.05, 0) is 47.7 Å². The van der Waals surface area contributed by atoms with Gasteiger partial charge in [0.15, 0.2) is 5.76 Å². The number of ketones is 1. The molecule has 7 nitrogen and oxygen atoms in total. The zero-order valence-electron chi connectivity index (χ0n) is 18.3. The second-order valence-corrected chi connectivity index (χ2v) is 8.71. The lowest BCUT2D eigenvalue weighted by Gasteiger charge is -2.27. The summed E-state index contributed by atoms with van der Waals surface area (Å²) in [4.78, 5) is 25.5. The summed E-state index contributed by atoms with van der Waals surface area (Å²) >= 11 is 0. The van der Waals surface area contributed by atoms with Gasteiger partial charge in [-0.25, -0.2) is 0 Å². The second kappa shape index (κ2) is 9.31. The van der Waals surface area contributed by atoms with E-state index < -0.39 is 4.92 Å². The van der Waals surface area contributed by atoms with E-state index >= 15 is 0 Å². The Morgan fingerprint density at radius 3 is 2.23 bits per heavy atom. The Bertz CT molecular complexity index is 999. The molecule has 7 heteroatoms. The highest BCUT2D eigenvalue weighted by molar-refractivity contribution is 6.15. The standard InChI is InChI=1S/C24H28N2O5/c1-15(2)12-25(13-16(3)4)14-20-21(27)10-9-19-23(28)22(31-24(19)20)11-17-5-7-18(8-6-17)26(29)30/h5-11,15-16,27H,12-14H2,1-4H3/b22-11+. The monoisotopic (exact) mass is 424 g/mol. The van der Waals surface area contributed by atoms with Gasteiger partial charge in [0.2, 0.25) is 5.78 Å². The Hall–Kier alpha value is -3.19. The number of phenolic OH excluding ortho intramolecular Hbond substituents is 1. The van der Waals surface area contributed by atoms with Crippen LogP contribution in [0.5, 0.6) is 11.5 Å². The van der Waals surface area contributed by atoms with E-state index in [4.69, 9.17) is 4.74 Å². The molecular weight excluding hydrogens is 396 g/mol. The zero-order chi connectivity index (χ0) is 22.7. The highest BCUT2D eigenvalue weighted by Crippen LogP contribution is 2.40. The number of hydrogen-bond acceptors (Lipinski definition) is 6. The molecule has 0 bridgehead atoms. The average molecular weight is 424 g/mol. The highest BCUT2D eigenvalue weighted by atomic mass is 16.6. The normalized spacial score (nSPS) is 14.5. The average Bonchev–Trinajstić information content (AvgIpc) is 2.99. The highest BCUT2D eigenvalue weighted by Gasteiger charge is 2.31. The van der Waals surface area contributed by atoms with Gasteiger partial charge >= 0.3 is 0 Å². The molecular formula is C24H28N2O5. The summed E-state index contributed by atoms with van der Waals surface area (Å²) < 4.78 is 5.91. The summed E-state index contributed by atoms with van der Waals surface area (Å²) in [7, 11) is 0. The summed E-state index contributed by atoms with van der Waals surface area (Å²) in [6.45, 7) is 10.8. The third-order valence-electron chi connectivity index (χ3n) is 4.95. The Balaban J connectivity index is 1.90. The van der Waals surface area contributed by atoms with E-state index in [0.29, 0.717) is 40.8 Å². The lowest BCUT2D eigenvalue weighted by Crippen LogP contribution is -2.31. The number of fused-ring (bicyclic) bond motifs is 1. The number of non-ortho nitro benzene ring substituents is 1. The molecule has 1 N–H and O–H groups in total. The van der Waals surface area contributed by atoms with Crippen LogP contribution in [0, 0.1) is 22.0 Å². The number of rotatable bonds is 8. The van der Waals surface area contributed by atoms with Crippen LogP contribution in [-0.2, 0) is 6.54 Å². The van der Waals surface area contributed by atoms with Gasteiger partial charge in [0, 0.05) is 31.8 Å². The summed E-state index contributed by atoms with van der Waals surface area (Å²) in [6, 6.07) is 9.00. The summed E-state index contributed by atoms with van der Waals surface area (Å²) in [6.07, 6.45) is 1.56. The topological polar surface area (TPSA) is 92.9 Å². The Morgan fingerprint density at radius 2 is 1.68 bits per heavy atom. The number of nitrogens with zero attached hydrogens (tertiary/aromatic N) is 2.